The number of hydrogen-bond donors (Lipinski definition) is 1. The van der Waals surface area contributed by atoms with E-state index in [0.29, 0.717) is 0 Å². The Hall–Kier alpha value is -1.75. The van der Waals surface area contributed by atoms with Crippen LogP contribution in [0.15, 0.2) is 24.3 Å². The van der Waals surface area contributed by atoms with Crippen LogP contribution in [0.3, 0.4) is 0 Å². The molecule has 1 aromatic rings. The van der Waals surface area contributed by atoms with Gasteiger partial charge in [0.05, 0.1) is 5.41 Å². The summed E-state index contributed by atoms with van der Waals surface area (Å²) in [5, 5.41) is 9.55. The van der Waals surface area contributed by atoms with Gasteiger partial charge in [-0.3, -0.25) is 4.79 Å². The Bertz CT molecular complexity index is 462. The molecule has 1 N–H and O–H groups in total. The lowest BCUT2D eigenvalue weighted by atomic mass is 9.69. The molecule has 2 heteroatoms. The van der Waals surface area contributed by atoms with Gasteiger partial charge in [-0.05, 0) is 30.5 Å². The van der Waals surface area contributed by atoms with Gasteiger partial charge < -0.3 is 5.11 Å². The van der Waals surface area contributed by atoms with Crippen LogP contribution in [-0.2, 0) is 10.2 Å². The van der Waals surface area contributed by atoms with E-state index in [1.165, 1.54) is 0 Å². The van der Waals surface area contributed by atoms with Crippen molar-refractivity contribution in [1.29, 1.82) is 0 Å². The molecule has 0 unspecified atom stereocenters. The summed E-state index contributed by atoms with van der Waals surface area (Å²) in [4.78, 5) is 11.6. The fraction of sp³-hybridized carbons (Fsp3) is 0.400. The Labute approximate surface area is 102 Å². The summed E-state index contributed by atoms with van der Waals surface area (Å²) in [5.41, 5.74) is 0.902. The van der Waals surface area contributed by atoms with Crippen LogP contribution in [-0.4, -0.2) is 11.1 Å². The average molecular weight is 228 g/mol. The van der Waals surface area contributed by atoms with E-state index in [1.807, 2.05) is 24.3 Å². The van der Waals surface area contributed by atoms with Crippen LogP contribution in [0.25, 0.3) is 0 Å². The molecule has 2 rings (SSSR count). The normalized spacial score (nSPS) is 18.3. The summed E-state index contributed by atoms with van der Waals surface area (Å²) >= 11 is 0. The highest BCUT2D eigenvalue weighted by Gasteiger charge is 2.41. The van der Waals surface area contributed by atoms with Crippen molar-refractivity contribution in [3.05, 3.63) is 35.4 Å². The van der Waals surface area contributed by atoms with Gasteiger partial charge in [0.15, 0.2) is 0 Å². The van der Waals surface area contributed by atoms with Crippen molar-refractivity contribution < 1.29 is 9.90 Å². The monoisotopic (exact) mass is 228 g/mol. The van der Waals surface area contributed by atoms with Gasteiger partial charge >= 0.3 is 5.97 Å². The highest BCUT2D eigenvalue weighted by atomic mass is 16.4. The fourth-order valence-corrected chi connectivity index (χ4v) is 2.69. The first-order valence-electron chi connectivity index (χ1n) is 5.99. The van der Waals surface area contributed by atoms with E-state index in [1.54, 1.807) is 0 Å². The molecular formula is C15H16O2. The number of hydrogen-bond acceptors (Lipinski definition) is 1. The van der Waals surface area contributed by atoms with Gasteiger partial charge in [0.2, 0.25) is 0 Å². The molecular weight excluding hydrogens is 212 g/mol. The van der Waals surface area contributed by atoms with Gasteiger partial charge in [-0.1, -0.05) is 37.3 Å². The van der Waals surface area contributed by atoms with Gasteiger partial charge in [-0.25, -0.2) is 0 Å². The predicted molar refractivity (Wildman–Crippen MR) is 66.8 cm³/mol. The predicted octanol–water partition coefficient (Wildman–Crippen LogP) is 2.95. The summed E-state index contributed by atoms with van der Waals surface area (Å²) in [6, 6.07) is 7.42. The molecule has 1 aromatic carbocycles. The molecule has 0 heterocycles. The second-order valence-corrected chi connectivity index (χ2v) is 4.67. The minimum absolute atomic E-state index is 0.716. The first-order valence-corrected chi connectivity index (χ1v) is 5.99. The number of carboxylic acids is 1. The molecule has 1 aliphatic rings. The lowest BCUT2D eigenvalue weighted by Crippen LogP contribution is -2.37. The van der Waals surface area contributed by atoms with Crippen molar-refractivity contribution in [2.75, 3.05) is 0 Å². The fourth-order valence-electron chi connectivity index (χ4n) is 2.69. The van der Waals surface area contributed by atoms with Crippen molar-refractivity contribution in [2.45, 2.75) is 37.5 Å². The molecule has 0 radical (unpaired) electrons. The third-order valence-corrected chi connectivity index (χ3v) is 3.70. The summed E-state index contributed by atoms with van der Waals surface area (Å²) < 4.78 is 0. The minimum atomic E-state index is -0.717. The molecule has 17 heavy (non-hydrogen) atoms. The smallest absolute Gasteiger partial charge is 0.314 e. The van der Waals surface area contributed by atoms with Crippen molar-refractivity contribution in [3.8, 4) is 12.3 Å². The Morgan fingerprint density at radius 1 is 1.29 bits per heavy atom. The Morgan fingerprint density at radius 2 is 2.00 bits per heavy atom. The third-order valence-electron chi connectivity index (χ3n) is 3.70. The van der Waals surface area contributed by atoms with E-state index in [2.05, 4.69) is 5.92 Å². The van der Waals surface area contributed by atoms with Crippen molar-refractivity contribution in [3.63, 3.8) is 0 Å². The zero-order valence-electron chi connectivity index (χ0n) is 9.78. The quantitative estimate of drug-likeness (QED) is 0.790. The summed E-state index contributed by atoms with van der Waals surface area (Å²) in [7, 11) is 0. The highest BCUT2D eigenvalue weighted by Crippen LogP contribution is 2.39. The number of carbonyl (C=O) groups is 1. The molecule has 0 aliphatic heterocycles. The Morgan fingerprint density at radius 3 is 2.59 bits per heavy atom. The van der Waals surface area contributed by atoms with E-state index in [9.17, 15) is 9.90 Å². The van der Waals surface area contributed by atoms with Crippen LogP contribution >= 0.6 is 0 Å². The molecule has 0 saturated heterocycles. The molecule has 0 aromatic heterocycles. The molecule has 0 atom stereocenters. The van der Waals surface area contributed by atoms with Crippen molar-refractivity contribution in [2.24, 2.45) is 0 Å². The molecule has 0 bridgehead atoms. The molecule has 2 nitrogen and oxygen atoms in total. The molecule has 0 amide bonds. The standard InChI is InChI=1S/C15H16O2/c1-2-12-7-6-8-13(11-12)15(14(16)17)9-4-3-5-10-15/h1,6-8,11H,3-5,9-10H2,(H,16,17). The number of terminal acetylenes is 1. The minimum Gasteiger partial charge on any atom is -0.481 e. The lowest BCUT2D eigenvalue weighted by molar-refractivity contribution is -0.145. The average Bonchev–Trinajstić information content (AvgIpc) is 2.39. The van der Waals surface area contributed by atoms with E-state index in [-0.39, 0.29) is 0 Å². The van der Waals surface area contributed by atoms with Gasteiger partial charge in [0.1, 0.15) is 0 Å². The van der Waals surface area contributed by atoms with E-state index in [4.69, 9.17) is 6.42 Å². The van der Waals surface area contributed by atoms with Crippen LogP contribution in [0.5, 0.6) is 0 Å². The second kappa shape index (κ2) is 4.63. The van der Waals surface area contributed by atoms with Gasteiger partial charge in [0.25, 0.3) is 0 Å². The van der Waals surface area contributed by atoms with Crippen LogP contribution in [0.2, 0.25) is 0 Å². The zero-order chi connectivity index (χ0) is 12.3. The topological polar surface area (TPSA) is 37.3 Å². The zero-order valence-corrected chi connectivity index (χ0v) is 9.78. The van der Waals surface area contributed by atoms with Crippen LogP contribution in [0, 0.1) is 12.3 Å². The largest absolute Gasteiger partial charge is 0.481 e. The van der Waals surface area contributed by atoms with Gasteiger partial charge in [0, 0.05) is 5.56 Å². The van der Waals surface area contributed by atoms with Gasteiger partial charge in [-0.2, -0.15) is 0 Å². The molecule has 88 valence electrons. The molecule has 1 fully saturated rings. The van der Waals surface area contributed by atoms with Crippen molar-refractivity contribution >= 4 is 5.97 Å². The number of carboxylic acid groups (broad SMARTS) is 1. The molecule has 0 spiro atoms. The highest BCUT2D eigenvalue weighted by molar-refractivity contribution is 5.81. The third kappa shape index (κ3) is 2.06. The maximum absolute atomic E-state index is 11.6. The maximum atomic E-state index is 11.6. The van der Waals surface area contributed by atoms with Crippen LogP contribution in [0.1, 0.15) is 43.2 Å². The van der Waals surface area contributed by atoms with E-state index < -0.39 is 11.4 Å². The number of aliphatic carboxylic acids is 1. The lowest BCUT2D eigenvalue weighted by Gasteiger charge is -2.33. The first kappa shape index (κ1) is 11.7. The SMILES string of the molecule is C#Cc1cccc(C2(C(=O)O)CCCCC2)c1. The molecule has 1 saturated carbocycles. The number of benzene rings is 1. The van der Waals surface area contributed by atoms with E-state index >= 15 is 0 Å². The van der Waals surface area contributed by atoms with Crippen molar-refractivity contribution in [1.82, 2.24) is 0 Å². The summed E-state index contributed by atoms with van der Waals surface area (Å²) in [5.74, 6) is 1.85. The maximum Gasteiger partial charge on any atom is 0.314 e. The molecule has 1 aliphatic carbocycles. The Kier molecular flexibility index (Phi) is 3.19. The van der Waals surface area contributed by atoms with E-state index in [0.717, 1.165) is 43.2 Å². The Balaban J connectivity index is 2.45. The summed E-state index contributed by atoms with van der Waals surface area (Å²) in [6.45, 7) is 0. The second-order valence-electron chi connectivity index (χ2n) is 4.67. The summed E-state index contributed by atoms with van der Waals surface area (Å²) in [6.07, 6.45) is 9.89. The first-order chi connectivity index (χ1) is 8.19. The van der Waals surface area contributed by atoms with Crippen LogP contribution < -0.4 is 0 Å². The van der Waals surface area contributed by atoms with Crippen LogP contribution in [0.4, 0.5) is 0 Å². The van der Waals surface area contributed by atoms with Gasteiger partial charge in [-0.15, -0.1) is 6.42 Å². The number of rotatable bonds is 2.